The molecular formula is C63H114O5. The Morgan fingerprint density at radius 2 is 0.662 bits per heavy atom. The standard InChI is InChI=1S/C63H114O5/c1-4-7-10-13-16-19-22-25-28-30-31-32-34-37-40-43-46-49-52-55-58-66-59-61(68-63(65)57-54-51-48-45-42-39-35-27-24-21-18-15-12-9-6-3)60-67-62(64)56-53-50-47-44-41-38-36-33-29-26-23-20-17-14-11-8-5-2/h7,10,16,19,25,27-28,31-32,35,61H,4-6,8-9,11-15,17-18,20-24,26,29-30,33-34,36-60H2,1-3H3/b10-7-,19-16-,28-25-,32-31-,35-27-. The van der Waals surface area contributed by atoms with Crippen LogP contribution in [0, 0.1) is 0 Å². The van der Waals surface area contributed by atoms with Crippen molar-refractivity contribution < 1.29 is 23.8 Å². The third kappa shape index (κ3) is 56.2. The number of unbranched alkanes of at least 4 members (excludes halogenated alkanes) is 34. The second kappa shape index (κ2) is 58.9. The number of hydrogen-bond donors (Lipinski definition) is 0. The molecule has 0 aliphatic carbocycles. The van der Waals surface area contributed by atoms with Gasteiger partial charge in [0.1, 0.15) is 6.61 Å². The van der Waals surface area contributed by atoms with E-state index in [2.05, 4.69) is 81.5 Å². The third-order valence-electron chi connectivity index (χ3n) is 13.0. The highest BCUT2D eigenvalue weighted by Gasteiger charge is 2.17. The molecule has 0 rings (SSSR count). The zero-order valence-electron chi connectivity index (χ0n) is 45.6. The predicted octanol–water partition coefficient (Wildman–Crippen LogP) is 20.5. The largest absolute Gasteiger partial charge is 0.462 e. The zero-order chi connectivity index (χ0) is 49.2. The molecule has 0 saturated heterocycles. The van der Waals surface area contributed by atoms with Gasteiger partial charge in [-0.3, -0.25) is 9.59 Å². The summed E-state index contributed by atoms with van der Waals surface area (Å²) in [6.07, 6.45) is 75.3. The van der Waals surface area contributed by atoms with Crippen LogP contribution in [0.3, 0.4) is 0 Å². The summed E-state index contributed by atoms with van der Waals surface area (Å²) in [7, 11) is 0. The summed E-state index contributed by atoms with van der Waals surface area (Å²) >= 11 is 0. The molecular weight excluding hydrogens is 837 g/mol. The van der Waals surface area contributed by atoms with E-state index in [0.29, 0.717) is 19.4 Å². The van der Waals surface area contributed by atoms with Crippen molar-refractivity contribution in [3.05, 3.63) is 60.8 Å². The molecule has 0 fully saturated rings. The highest BCUT2D eigenvalue weighted by atomic mass is 16.6. The monoisotopic (exact) mass is 951 g/mol. The molecule has 0 amide bonds. The lowest BCUT2D eigenvalue weighted by Gasteiger charge is -2.18. The Morgan fingerprint density at radius 1 is 0.338 bits per heavy atom. The average Bonchev–Trinajstić information content (AvgIpc) is 3.34. The Morgan fingerprint density at radius 3 is 1.07 bits per heavy atom. The number of carbonyl (C=O) groups excluding carboxylic acids is 2. The van der Waals surface area contributed by atoms with Crippen molar-refractivity contribution in [1.82, 2.24) is 0 Å². The summed E-state index contributed by atoms with van der Waals surface area (Å²) in [5, 5.41) is 0. The molecule has 0 aromatic carbocycles. The number of hydrogen-bond acceptors (Lipinski definition) is 5. The van der Waals surface area contributed by atoms with Crippen LogP contribution < -0.4 is 0 Å². The van der Waals surface area contributed by atoms with Crippen LogP contribution in [0.4, 0.5) is 0 Å². The van der Waals surface area contributed by atoms with Crippen LogP contribution >= 0.6 is 0 Å². The van der Waals surface area contributed by atoms with Crippen LogP contribution in [0.25, 0.3) is 0 Å². The van der Waals surface area contributed by atoms with Gasteiger partial charge < -0.3 is 14.2 Å². The number of carbonyl (C=O) groups is 2. The summed E-state index contributed by atoms with van der Waals surface area (Å²) in [6.45, 7) is 7.73. The average molecular weight is 952 g/mol. The quantitative estimate of drug-likeness (QED) is 0.0345. The van der Waals surface area contributed by atoms with Crippen molar-refractivity contribution >= 4 is 11.9 Å². The van der Waals surface area contributed by atoms with Crippen molar-refractivity contribution in [2.45, 2.75) is 309 Å². The zero-order valence-corrected chi connectivity index (χ0v) is 45.6. The second-order valence-corrected chi connectivity index (χ2v) is 19.9. The number of ether oxygens (including phenoxy) is 3. The van der Waals surface area contributed by atoms with Gasteiger partial charge in [0.15, 0.2) is 6.10 Å². The Balaban J connectivity index is 4.27. The van der Waals surface area contributed by atoms with E-state index in [1.54, 1.807) is 0 Å². The Hall–Kier alpha value is -2.40. The molecule has 0 aliphatic rings. The van der Waals surface area contributed by atoms with Gasteiger partial charge in [-0.25, -0.2) is 0 Å². The molecule has 68 heavy (non-hydrogen) atoms. The minimum absolute atomic E-state index is 0.0802. The molecule has 0 spiro atoms. The van der Waals surface area contributed by atoms with Gasteiger partial charge in [0, 0.05) is 19.4 Å². The van der Waals surface area contributed by atoms with Gasteiger partial charge in [0.05, 0.1) is 6.61 Å². The summed E-state index contributed by atoms with van der Waals surface area (Å²) in [4.78, 5) is 25.5. The number of allylic oxidation sites excluding steroid dienone is 10. The molecule has 396 valence electrons. The molecule has 1 atom stereocenters. The van der Waals surface area contributed by atoms with Crippen molar-refractivity contribution in [3.8, 4) is 0 Å². The molecule has 1 unspecified atom stereocenters. The van der Waals surface area contributed by atoms with Gasteiger partial charge in [0.2, 0.25) is 0 Å². The highest BCUT2D eigenvalue weighted by Crippen LogP contribution is 2.16. The van der Waals surface area contributed by atoms with E-state index in [1.165, 1.54) is 193 Å². The SMILES string of the molecule is CC/C=C\C/C=C\C/C=C\C/C=C\CCCCCCCCCOCC(COC(=O)CCCCCCCCCCCCCCCCCCC)OC(=O)CCCCCCC/C=C\CCCCCCCC. The molecule has 0 bridgehead atoms. The fourth-order valence-electron chi connectivity index (χ4n) is 8.62. The maximum Gasteiger partial charge on any atom is 0.306 e. The number of esters is 2. The Labute approximate surface area is 424 Å². The molecule has 5 heteroatoms. The topological polar surface area (TPSA) is 61.8 Å². The van der Waals surface area contributed by atoms with Crippen LogP contribution in [0.1, 0.15) is 303 Å². The lowest BCUT2D eigenvalue weighted by Crippen LogP contribution is -2.30. The third-order valence-corrected chi connectivity index (χ3v) is 13.0. The molecule has 0 aliphatic heterocycles. The van der Waals surface area contributed by atoms with E-state index in [4.69, 9.17) is 14.2 Å². The molecule has 0 saturated carbocycles. The first-order valence-corrected chi connectivity index (χ1v) is 29.8. The van der Waals surface area contributed by atoms with E-state index < -0.39 is 6.10 Å². The van der Waals surface area contributed by atoms with Crippen LogP contribution in [0.2, 0.25) is 0 Å². The molecule has 5 nitrogen and oxygen atoms in total. The van der Waals surface area contributed by atoms with Gasteiger partial charge >= 0.3 is 11.9 Å². The van der Waals surface area contributed by atoms with E-state index in [1.807, 2.05) is 0 Å². The molecule has 0 heterocycles. The Kier molecular flexibility index (Phi) is 56.8. The first-order valence-electron chi connectivity index (χ1n) is 29.8. The summed E-state index contributed by atoms with van der Waals surface area (Å²) in [5.74, 6) is -0.398. The van der Waals surface area contributed by atoms with E-state index in [9.17, 15) is 9.59 Å². The van der Waals surface area contributed by atoms with Crippen LogP contribution in [0.15, 0.2) is 60.8 Å². The number of rotatable bonds is 55. The fraction of sp³-hybridized carbons (Fsp3) is 0.810. The molecule has 0 radical (unpaired) electrons. The first kappa shape index (κ1) is 65.6. The summed E-state index contributed by atoms with van der Waals surface area (Å²) < 4.78 is 17.5. The minimum Gasteiger partial charge on any atom is -0.462 e. The lowest BCUT2D eigenvalue weighted by atomic mass is 10.0. The summed E-state index contributed by atoms with van der Waals surface area (Å²) in [6, 6.07) is 0. The van der Waals surface area contributed by atoms with Crippen molar-refractivity contribution in [3.63, 3.8) is 0 Å². The van der Waals surface area contributed by atoms with Gasteiger partial charge in [-0.15, -0.1) is 0 Å². The van der Waals surface area contributed by atoms with E-state index in [0.717, 1.165) is 77.0 Å². The smallest absolute Gasteiger partial charge is 0.306 e. The normalized spacial score (nSPS) is 12.6. The lowest BCUT2D eigenvalue weighted by molar-refractivity contribution is -0.163. The van der Waals surface area contributed by atoms with E-state index >= 15 is 0 Å². The van der Waals surface area contributed by atoms with Crippen molar-refractivity contribution in [1.29, 1.82) is 0 Å². The highest BCUT2D eigenvalue weighted by molar-refractivity contribution is 5.70. The van der Waals surface area contributed by atoms with Crippen molar-refractivity contribution in [2.24, 2.45) is 0 Å². The van der Waals surface area contributed by atoms with Gasteiger partial charge in [-0.05, 0) is 83.5 Å². The fourth-order valence-corrected chi connectivity index (χ4v) is 8.62. The van der Waals surface area contributed by atoms with Gasteiger partial charge in [-0.2, -0.15) is 0 Å². The molecule has 0 aromatic rings. The molecule has 0 aromatic heterocycles. The van der Waals surface area contributed by atoms with E-state index in [-0.39, 0.29) is 25.2 Å². The maximum atomic E-state index is 12.9. The van der Waals surface area contributed by atoms with Crippen LogP contribution in [-0.4, -0.2) is 37.9 Å². The Bertz CT molecular complexity index is 1170. The van der Waals surface area contributed by atoms with Gasteiger partial charge in [0.25, 0.3) is 0 Å². The van der Waals surface area contributed by atoms with Gasteiger partial charge in [-0.1, -0.05) is 268 Å². The van der Waals surface area contributed by atoms with Crippen LogP contribution in [0.5, 0.6) is 0 Å². The predicted molar refractivity (Wildman–Crippen MR) is 298 cm³/mol. The summed E-state index contributed by atoms with van der Waals surface area (Å²) in [5.41, 5.74) is 0. The van der Waals surface area contributed by atoms with Crippen molar-refractivity contribution in [2.75, 3.05) is 19.8 Å². The minimum atomic E-state index is -0.546. The second-order valence-electron chi connectivity index (χ2n) is 19.9. The molecule has 0 N–H and O–H groups in total. The van der Waals surface area contributed by atoms with Crippen LogP contribution in [-0.2, 0) is 23.8 Å². The first-order chi connectivity index (χ1) is 33.6. The maximum absolute atomic E-state index is 12.9.